The predicted molar refractivity (Wildman–Crippen MR) is 145 cm³/mol. The molecule has 36 heavy (non-hydrogen) atoms. The zero-order valence-corrected chi connectivity index (χ0v) is 20.7. The smallest absolute Gasteiger partial charge is 0.165 e. The second-order valence-electron chi connectivity index (χ2n) is 9.01. The topological polar surface area (TPSA) is 85.8 Å². The summed E-state index contributed by atoms with van der Waals surface area (Å²) in [4.78, 5) is 21.9. The highest BCUT2D eigenvalue weighted by Gasteiger charge is 2.21. The van der Waals surface area contributed by atoms with Crippen LogP contribution in [-0.4, -0.2) is 47.7 Å². The van der Waals surface area contributed by atoms with Crippen molar-refractivity contribution in [3.8, 4) is 17.2 Å². The van der Waals surface area contributed by atoms with Crippen LogP contribution < -0.4 is 5.73 Å². The normalized spacial score (nSPS) is 14.9. The first-order valence-corrected chi connectivity index (χ1v) is 13.1. The number of hydrogen-bond donors (Lipinski definition) is 1. The van der Waals surface area contributed by atoms with Gasteiger partial charge in [0.05, 0.1) is 0 Å². The summed E-state index contributed by atoms with van der Waals surface area (Å²) in [6, 6.07) is 22.6. The Kier molecular flexibility index (Phi) is 6.36. The number of benzene rings is 1. The highest BCUT2D eigenvalue weighted by molar-refractivity contribution is 8.00. The van der Waals surface area contributed by atoms with Crippen LogP contribution in [0.15, 0.2) is 90.2 Å². The Morgan fingerprint density at radius 3 is 2.47 bits per heavy atom. The monoisotopic (exact) mass is 493 g/mol. The van der Waals surface area contributed by atoms with Crippen molar-refractivity contribution in [2.75, 3.05) is 18.8 Å². The Bertz CT molecular complexity index is 1460. The molecule has 0 amide bonds. The van der Waals surface area contributed by atoms with Crippen molar-refractivity contribution < 1.29 is 0 Å². The average Bonchev–Trinajstić information content (AvgIpc) is 3.31. The minimum absolute atomic E-state index is 0.591. The first-order chi connectivity index (χ1) is 17.7. The molecule has 0 radical (unpaired) electrons. The number of piperidine rings is 1. The summed E-state index contributed by atoms with van der Waals surface area (Å²) in [5, 5.41) is 0.620. The lowest BCUT2D eigenvalue weighted by Gasteiger charge is -2.31. The second kappa shape index (κ2) is 10.1. The first kappa shape index (κ1) is 22.7. The molecule has 8 heteroatoms. The van der Waals surface area contributed by atoms with Gasteiger partial charge in [0.25, 0.3) is 0 Å². The Morgan fingerprint density at radius 2 is 1.69 bits per heavy atom. The van der Waals surface area contributed by atoms with E-state index >= 15 is 0 Å². The number of thioether (sulfide) groups is 1. The van der Waals surface area contributed by atoms with E-state index in [-0.39, 0.29) is 0 Å². The third-order valence-corrected chi connectivity index (χ3v) is 7.84. The van der Waals surface area contributed by atoms with Crippen LogP contribution in [0.4, 0.5) is 5.82 Å². The lowest BCUT2D eigenvalue weighted by atomic mass is 10.1. The molecule has 1 saturated heterocycles. The second-order valence-corrected chi connectivity index (χ2v) is 10.4. The molecule has 7 nitrogen and oxygen atoms in total. The van der Waals surface area contributed by atoms with Crippen molar-refractivity contribution in [1.82, 2.24) is 29.4 Å². The van der Waals surface area contributed by atoms with E-state index in [1.807, 2.05) is 54.4 Å². The maximum absolute atomic E-state index is 5.83. The van der Waals surface area contributed by atoms with Gasteiger partial charge in [-0.3, -0.25) is 14.5 Å². The van der Waals surface area contributed by atoms with E-state index in [0.717, 1.165) is 48.0 Å². The molecule has 1 aromatic carbocycles. The van der Waals surface area contributed by atoms with E-state index in [1.54, 1.807) is 12.4 Å². The van der Waals surface area contributed by atoms with Crippen molar-refractivity contribution in [3.05, 3.63) is 90.9 Å². The summed E-state index contributed by atoms with van der Waals surface area (Å²) in [6.07, 6.45) is 7.74. The summed E-state index contributed by atoms with van der Waals surface area (Å²) in [5.41, 5.74) is 10.6. The molecule has 4 aromatic heterocycles. The number of pyridine rings is 3. The molecule has 6 rings (SSSR count). The molecule has 1 aliphatic heterocycles. The van der Waals surface area contributed by atoms with Gasteiger partial charge in [-0.1, -0.05) is 6.07 Å². The van der Waals surface area contributed by atoms with Gasteiger partial charge in [-0.15, -0.1) is 11.8 Å². The zero-order chi connectivity index (χ0) is 24.3. The molecule has 0 unspecified atom stereocenters. The van der Waals surface area contributed by atoms with E-state index in [9.17, 15) is 0 Å². The van der Waals surface area contributed by atoms with Crippen molar-refractivity contribution in [1.29, 1.82) is 0 Å². The Labute approximate surface area is 214 Å². The third kappa shape index (κ3) is 4.82. The van der Waals surface area contributed by atoms with Gasteiger partial charge in [0.15, 0.2) is 11.5 Å². The molecule has 5 heterocycles. The van der Waals surface area contributed by atoms with Gasteiger partial charge in [-0.25, -0.2) is 15.0 Å². The van der Waals surface area contributed by atoms with Gasteiger partial charge in [-0.2, -0.15) is 0 Å². The molecular formula is C28H27N7S. The number of hydrogen-bond acceptors (Lipinski definition) is 7. The molecule has 0 atom stereocenters. The van der Waals surface area contributed by atoms with Gasteiger partial charge in [-0.05, 0) is 92.2 Å². The van der Waals surface area contributed by atoms with Gasteiger partial charge in [0, 0.05) is 41.0 Å². The zero-order valence-electron chi connectivity index (χ0n) is 19.9. The van der Waals surface area contributed by atoms with Crippen LogP contribution in [0.2, 0.25) is 0 Å². The highest BCUT2D eigenvalue weighted by Crippen LogP contribution is 2.33. The molecule has 5 aromatic rings. The van der Waals surface area contributed by atoms with E-state index < -0.39 is 0 Å². The SMILES string of the molecule is Nc1cc(CN2CCC(Sc3ccc(-n4c(-c5ccccn5)nc5cccnc54)cc3)CC2)ccn1. The number of anilines is 1. The summed E-state index contributed by atoms with van der Waals surface area (Å²) < 4.78 is 2.09. The molecule has 1 aliphatic rings. The van der Waals surface area contributed by atoms with Gasteiger partial charge >= 0.3 is 0 Å². The summed E-state index contributed by atoms with van der Waals surface area (Å²) >= 11 is 1.98. The van der Waals surface area contributed by atoms with Crippen molar-refractivity contribution in [3.63, 3.8) is 0 Å². The van der Waals surface area contributed by atoms with E-state index in [2.05, 4.69) is 54.8 Å². The average molecular weight is 494 g/mol. The van der Waals surface area contributed by atoms with E-state index in [0.29, 0.717) is 11.1 Å². The third-order valence-electron chi connectivity index (χ3n) is 6.49. The fourth-order valence-corrected chi connectivity index (χ4v) is 5.85. The lowest BCUT2D eigenvalue weighted by molar-refractivity contribution is 0.225. The highest BCUT2D eigenvalue weighted by atomic mass is 32.2. The maximum atomic E-state index is 5.83. The summed E-state index contributed by atoms with van der Waals surface area (Å²) in [5.74, 6) is 1.39. The molecule has 0 spiro atoms. The largest absolute Gasteiger partial charge is 0.384 e. The molecule has 180 valence electrons. The Balaban J connectivity index is 1.16. The van der Waals surface area contributed by atoms with Gasteiger partial charge < -0.3 is 5.73 Å². The summed E-state index contributed by atoms with van der Waals surface area (Å²) in [7, 11) is 0. The van der Waals surface area contributed by atoms with Crippen LogP contribution in [0.3, 0.4) is 0 Å². The number of nitrogens with zero attached hydrogens (tertiary/aromatic N) is 6. The predicted octanol–water partition coefficient (Wildman–Crippen LogP) is 5.22. The van der Waals surface area contributed by atoms with Crippen LogP contribution in [0.5, 0.6) is 0 Å². The molecule has 0 bridgehead atoms. The number of fused-ring (bicyclic) bond motifs is 1. The van der Waals surface area contributed by atoms with Gasteiger partial charge in [0.2, 0.25) is 0 Å². The van der Waals surface area contributed by atoms with Crippen molar-refractivity contribution >= 4 is 28.7 Å². The number of rotatable bonds is 6. The van der Waals surface area contributed by atoms with Crippen LogP contribution in [0.1, 0.15) is 18.4 Å². The fraction of sp³-hybridized carbons (Fsp3) is 0.214. The first-order valence-electron chi connectivity index (χ1n) is 12.2. The number of nitrogen functional groups attached to an aromatic ring is 1. The molecule has 0 saturated carbocycles. The maximum Gasteiger partial charge on any atom is 0.165 e. The standard InChI is InChI=1S/C28H27N7S/c29-26-18-20(10-15-31-26)19-34-16-11-23(12-17-34)36-22-8-6-21(7-9-22)35-27-25(5-3-14-32-27)33-28(35)24-4-1-2-13-30-24/h1-10,13-15,18,23H,11-12,16-17,19H2,(H2,29,31). The molecular weight excluding hydrogens is 466 g/mol. The van der Waals surface area contributed by atoms with E-state index in [4.69, 9.17) is 10.7 Å². The summed E-state index contributed by atoms with van der Waals surface area (Å²) in [6.45, 7) is 3.13. The minimum atomic E-state index is 0.591. The van der Waals surface area contributed by atoms with Crippen molar-refractivity contribution in [2.45, 2.75) is 29.5 Å². The fourth-order valence-electron chi connectivity index (χ4n) is 4.73. The van der Waals surface area contributed by atoms with Crippen LogP contribution in [-0.2, 0) is 6.54 Å². The number of likely N-dealkylation sites (tertiary alicyclic amines) is 1. The van der Waals surface area contributed by atoms with Crippen LogP contribution in [0, 0.1) is 0 Å². The van der Waals surface area contributed by atoms with Crippen molar-refractivity contribution in [2.24, 2.45) is 0 Å². The molecule has 0 aliphatic carbocycles. The quantitative estimate of drug-likeness (QED) is 0.347. The van der Waals surface area contributed by atoms with Crippen LogP contribution >= 0.6 is 11.8 Å². The molecule has 1 fully saturated rings. The minimum Gasteiger partial charge on any atom is -0.384 e. The number of nitrogens with two attached hydrogens (primary N) is 1. The Hall–Kier alpha value is -3.75. The number of imidazole rings is 1. The lowest BCUT2D eigenvalue weighted by Crippen LogP contribution is -2.34. The van der Waals surface area contributed by atoms with Gasteiger partial charge in [0.1, 0.15) is 17.0 Å². The van der Waals surface area contributed by atoms with E-state index in [1.165, 1.54) is 23.3 Å². The number of aromatic nitrogens is 5. The Morgan fingerprint density at radius 1 is 0.861 bits per heavy atom. The molecule has 2 N–H and O–H groups in total. The van der Waals surface area contributed by atoms with Crippen LogP contribution in [0.25, 0.3) is 28.4 Å².